The van der Waals surface area contributed by atoms with Crippen LogP contribution in [0.15, 0.2) is 48.8 Å². The number of pyridine rings is 1. The Bertz CT molecular complexity index is 611. The standard InChI is InChI=1S/C15H16N4O2/c16-13-5-3-12(4-6-13)15(21)19-10-14(20)18-9-11-2-1-7-17-8-11/h1-8H,9-10,16H2,(H,18,20)(H,19,21). The lowest BCUT2D eigenvalue weighted by Crippen LogP contribution is -2.36. The number of benzene rings is 1. The van der Waals surface area contributed by atoms with Gasteiger partial charge in [-0.05, 0) is 35.9 Å². The molecule has 0 radical (unpaired) electrons. The van der Waals surface area contributed by atoms with Crippen LogP contribution >= 0.6 is 0 Å². The third kappa shape index (κ3) is 4.61. The number of hydrogen-bond acceptors (Lipinski definition) is 4. The largest absolute Gasteiger partial charge is 0.399 e. The molecule has 6 nitrogen and oxygen atoms in total. The average Bonchev–Trinajstić information content (AvgIpc) is 2.52. The van der Waals surface area contributed by atoms with Crippen molar-refractivity contribution in [1.29, 1.82) is 0 Å². The van der Waals surface area contributed by atoms with E-state index in [2.05, 4.69) is 15.6 Å². The third-order valence-corrected chi connectivity index (χ3v) is 2.79. The van der Waals surface area contributed by atoms with E-state index >= 15 is 0 Å². The van der Waals surface area contributed by atoms with Gasteiger partial charge >= 0.3 is 0 Å². The topological polar surface area (TPSA) is 97.1 Å². The number of amides is 2. The molecule has 0 saturated carbocycles. The van der Waals surface area contributed by atoms with Gasteiger partial charge in [0.15, 0.2) is 0 Å². The highest BCUT2D eigenvalue weighted by Crippen LogP contribution is 2.04. The summed E-state index contributed by atoms with van der Waals surface area (Å²) in [5, 5.41) is 5.25. The van der Waals surface area contributed by atoms with Crippen molar-refractivity contribution in [3.8, 4) is 0 Å². The Morgan fingerprint density at radius 2 is 1.86 bits per heavy atom. The van der Waals surface area contributed by atoms with Gasteiger partial charge < -0.3 is 16.4 Å². The van der Waals surface area contributed by atoms with E-state index in [0.29, 0.717) is 17.8 Å². The van der Waals surface area contributed by atoms with Crippen molar-refractivity contribution in [2.75, 3.05) is 12.3 Å². The minimum atomic E-state index is -0.313. The molecule has 2 rings (SSSR count). The van der Waals surface area contributed by atoms with E-state index < -0.39 is 0 Å². The fourth-order valence-electron chi connectivity index (χ4n) is 1.66. The third-order valence-electron chi connectivity index (χ3n) is 2.79. The number of nitrogens with one attached hydrogen (secondary N) is 2. The minimum absolute atomic E-state index is 0.0799. The number of nitrogen functional groups attached to an aromatic ring is 1. The Labute approximate surface area is 122 Å². The zero-order chi connectivity index (χ0) is 15.1. The van der Waals surface area contributed by atoms with Gasteiger partial charge in [-0.3, -0.25) is 14.6 Å². The van der Waals surface area contributed by atoms with E-state index in [0.717, 1.165) is 5.56 Å². The highest BCUT2D eigenvalue weighted by atomic mass is 16.2. The first-order valence-corrected chi connectivity index (χ1v) is 6.44. The van der Waals surface area contributed by atoms with Crippen LogP contribution in [0, 0.1) is 0 Å². The fraction of sp³-hybridized carbons (Fsp3) is 0.133. The molecule has 1 aromatic heterocycles. The molecule has 0 aliphatic carbocycles. The van der Waals surface area contributed by atoms with Crippen molar-refractivity contribution in [2.45, 2.75) is 6.54 Å². The summed E-state index contributed by atoms with van der Waals surface area (Å²) in [6.07, 6.45) is 3.34. The molecule has 1 aromatic carbocycles. The number of nitrogens with two attached hydrogens (primary N) is 1. The number of aromatic nitrogens is 1. The summed E-state index contributed by atoms with van der Waals surface area (Å²) in [6.45, 7) is 0.299. The van der Waals surface area contributed by atoms with Crippen molar-refractivity contribution in [2.24, 2.45) is 0 Å². The first-order valence-electron chi connectivity index (χ1n) is 6.44. The Morgan fingerprint density at radius 1 is 1.10 bits per heavy atom. The van der Waals surface area contributed by atoms with Gasteiger partial charge in [0.2, 0.25) is 5.91 Å². The summed E-state index contributed by atoms with van der Waals surface area (Å²) in [5.41, 5.74) is 7.49. The fourth-order valence-corrected chi connectivity index (χ4v) is 1.66. The summed E-state index contributed by atoms with van der Waals surface area (Å²) in [4.78, 5) is 27.4. The SMILES string of the molecule is Nc1ccc(C(=O)NCC(=O)NCc2cccnc2)cc1. The molecule has 0 fully saturated rings. The van der Waals surface area contributed by atoms with Crippen molar-refractivity contribution < 1.29 is 9.59 Å². The molecule has 0 aliphatic heterocycles. The molecular formula is C15H16N4O2. The predicted octanol–water partition coefficient (Wildman–Crippen LogP) is 0.710. The number of hydrogen-bond donors (Lipinski definition) is 3. The monoisotopic (exact) mass is 284 g/mol. The van der Waals surface area contributed by atoms with Crippen molar-refractivity contribution in [1.82, 2.24) is 15.6 Å². The first kappa shape index (κ1) is 14.5. The van der Waals surface area contributed by atoms with Gasteiger partial charge in [0.05, 0.1) is 6.54 Å². The molecule has 2 amide bonds. The molecule has 0 saturated heterocycles. The van der Waals surface area contributed by atoms with Crippen molar-refractivity contribution in [3.63, 3.8) is 0 Å². The van der Waals surface area contributed by atoms with E-state index in [1.54, 1.807) is 42.7 Å². The summed E-state index contributed by atoms with van der Waals surface area (Å²) in [7, 11) is 0. The van der Waals surface area contributed by atoms with Crippen LogP contribution in [0.5, 0.6) is 0 Å². The molecule has 108 valence electrons. The van der Waals surface area contributed by atoms with Crippen LogP contribution in [-0.4, -0.2) is 23.3 Å². The molecule has 1 heterocycles. The number of nitrogens with zero attached hydrogens (tertiary/aromatic N) is 1. The number of rotatable bonds is 5. The Kier molecular flexibility index (Phi) is 4.87. The van der Waals surface area contributed by atoms with Crippen LogP contribution in [0.25, 0.3) is 0 Å². The zero-order valence-electron chi connectivity index (χ0n) is 11.4. The van der Waals surface area contributed by atoms with Gasteiger partial charge in [0.1, 0.15) is 0 Å². The van der Waals surface area contributed by atoms with Gasteiger partial charge in [-0.1, -0.05) is 6.07 Å². The highest BCUT2D eigenvalue weighted by Gasteiger charge is 2.07. The Morgan fingerprint density at radius 3 is 2.52 bits per heavy atom. The molecule has 0 bridgehead atoms. The van der Waals surface area contributed by atoms with Crippen LogP contribution < -0.4 is 16.4 Å². The molecule has 0 unspecified atom stereocenters. The van der Waals surface area contributed by atoms with E-state index in [1.807, 2.05) is 6.07 Å². The smallest absolute Gasteiger partial charge is 0.251 e. The lowest BCUT2D eigenvalue weighted by molar-refractivity contribution is -0.120. The molecule has 2 aromatic rings. The molecular weight excluding hydrogens is 268 g/mol. The Hall–Kier alpha value is -2.89. The molecule has 4 N–H and O–H groups in total. The molecule has 0 spiro atoms. The van der Waals surface area contributed by atoms with Crippen molar-refractivity contribution in [3.05, 3.63) is 59.9 Å². The van der Waals surface area contributed by atoms with Gasteiger partial charge in [0, 0.05) is 30.2 Å². The molecule has 0 aliphatic rings. The molecule has 21 heavy (non-hydrogen) atoms. The normalized spacial score (nSPS) is 9.90. The van der Waals surface area contributed by atoms with E-state index in [9.17, 15) is 9.59 Å². The summed E-state index contributed by atoms with van der Waals surface area (Å²) in [6, 6.07) is 10.1. The van der Waals surface area contributed by atoms with Crippen LogP contribution in [-0.2, 0) is 11.3 Å². The van der Waals surface area contributed by atoms with E-state index in [4.69, 9.17) is 5.73 Å². The first-order chi connectivity index (χ1) is 10.1. The second kappa shape index (κ2) is 7.04. The average molecular weight is 284 g/mol. The van der Waals surface area contributed by atoms with Crippen molar-refractivity contribution >= 4 is 17.5 Å². The number of anilines is 1. The van der Waals surface area contributed by atoms with Gasteiger partial charge in [-0.2, -0.15) is 0 Å². The maximum Gasteiger partial charge on any atom is 0.251 e. The van der Waals surface area contributed by atoms with Gasteiger partial charge in [-0.15, -0.1) is 0 Å². The van der Waals surface area contributed by atoms with Gasteiger partial charge in [0.25, 0.3) is 5.91 Å². The van der Waals surface area contributed by atoms with E-state index in [1.165, 1.54) is 0 Å². The summed E-state index contributed by atoms with van der Waals surface area (Å²) < 4.78 is 0. The predicted molar refractivity (Wildman–Crippen MR) is 79.3 cm³/mol. The second-order valence-electron chi connectivity index (χ2n) is 4.44. The van der Waals surface area contributed by atoms with Crippen LogP contribution in [0.1, 0.15) is 15.9 Å². The van der Waals surface area contributed by atoms with Crippen LogP contribution in [0.3, 0.4) is 0 Å². The molecule has 0 atom stereocenters. The van der Waals surface area contributed by atoms with Crippen LogP contribution in [0.4, 0.5) is 5.69 Å². The number of carbonyl (C=O) groups excluding carboxylic acids is 2. The lowest BCUT2D eigenvalue weighted by Gasteiger charge is -2.07. The minimum Gasteiger partial charge on any atom is -0.399 e. The van der Waals surface area contributed by atoms with E-state index in [-0.39, 0.29) is 18.4 Å². The van der Waals surface area contributed by atoms with Crippen LogP contribution in [0.2, 0.25) is 0 Å². The zero-order valence-corrected chi connectivity index (χ0v) is 11.4. The maximum absolute atomic E-state index is 11.8. The second-order valence-corrected chi connectivity index (χ2v) is 4.44. The lowest BCUT2D eigenvalue weighted by atomic mass is 10.2. The van der Waals surface area contributed by atoms with Gasteiger partial charge in [-0.25, -0.2) is 0 Å². The summed E-state index contributed by atoms with van der Waals surface area (Å²) in [5.74, 6) is -0.575. The highest BCUT2D eigenvalue weighted by molar-refractivity contribution is 5.96. The maximum atomic E-state index is 11.8. The molecule has 6 heteroatoms. The summed E-state index contributed by atoms with van der Waals surface area (Å²) >= 11 is 0. The quantitative estimate of drug-likeness (QED) is 0.704. The Balaban J connectivity index is 1.76. The number of carbonyl (C=O) groups is 2.